The summed E-state index contributed by atoms with van der Waals surface area (Å²) < 4.78 is 10.8. The molecule has 2 fully saturated rings. The van der Waals surface area contributed by atoms with Gasteiger partial charge in [0.1, 0.15) is 5.54 Å². The van der Waals surface area contributed by atoms with E-state index >= 15 is 0 Å². The van der Waals surface area contributed by atoms with Crippen LogP contribution in [0.5, 0.6) is 0 Å². The molecule has 1 saturated carbocycles. The predicted octanol–water partition coefficient (Wildman–Crippen LogP) is 0.395. The highest BCUT2D eigenvalue weighted by atomic mass is 16.5. The Balaban J connectivity index is 1.66. The molecule has 2 heterocycles. The molecule has 24 heavy (non-hydrogen) atoms. The number of amides is 1. The Hall–Kier alpha value is -1.51. The first-order valence-corrected chi connectivity index (χ1v) is 8.67. The second-order valence-electron chi connectivity index (χ2n) is 7.02. The summed E-state index contributed by atoms with van der Waals surface area (Å²) in [6.45, 7) is 2.68. The SMILES string of the molecule is CN(C)Cc1nc(C2(NC(=O)CC3COCCN3)CCCC2)no1. The van der Waals surface area contributed by atoms with Crippen LogP contribution in [0.4, 0.5) is 0 Å². The van der Waals surface area contributed by atoms with Crippen LogP contribution < -0.4 is 10.6 Å². The number of hydrogen-bond acceptors (Lipinski definition) is 7. The Kier molecular flexibility index (Phi) is 5.47. The number of rotatable bonds is 6. The minimum Gasteiger partial charge on any atom is -0.378 e. The molecule has 1 aliphatic carbocycles. The fourth-order valence-electron chi connectivity index (χ4n) is 3.46. The van der Waals surface area contributed by atoms with Crippen molar-refractivity contribution in [2.75, 3.05) is 33.9 Å². The Morgan fingerprint density at radius 2 is 2.21 bits per heavy atom. The number of ether oxygens (including phenoxy) is 1. The third-order valence-corrected chi connectivity index (χ3v) is 4.61. The third kappa shape index (κ3) is 4.12. The number of carbonyl (C=O) groups is 1. The Morgan fingerprint density at radius 1 is 1.42 bits per heavy atom. The van der Waals surface area contributed by atoms with E-state index in [0.717, 1.165) is 32.2 Å². The van der Waals surface area contributed by atoms with Gasteiger partial charge in [-0.05, 0) is 26.9 Å². The van der Waals surface area contributed by atoms with Crippen molar-refractivity contribution in [1.29, 1.82) is 0 Å². The largest absolute Gasteiger partial charge is 0.378 e. The third-order valence-electron chi connectivity index (χ3n) is 4.61. The predicted molar refractivity (Wildman–Crippen MR) is 87.2 cm³/mol. The van der Waals surface area contributed by atoms with Gasteiger partial charge < -0.3 is 24.8 Å². The average Bonchev–Trinajstić information content (AvgIpc) is 3.18. The van der Waals surface area contributed by atoms with Crippen LogP contribution in [0.15, 0.2) is 4.52 Å². The summed E-state index contributed by atoms with van der Waals surface area (Å²) >= 11 is 0. The zero-order chi connectivity index (χ0) is 17.0. The van der Waals surface area contributed by atoms with E-state index in [2.05, 4.69) is 20.8 Å². The maximum absolute atomic E-state index is 12.5. The minimum atomic E-state index is -0.485. The van der Waals surface area contributed by atoms with Crippen molar-refractivity contribution in [3.63, 3.8) is 0 Å². The fourth-order valence-corrected chi connectivity index (χ4v) is 3.46. The molecule has 134 valence electrons. The van der Waals surface area contributed by atoms with E-state index < -0.39 is 5.54 Å². The summed E-state index contributed by atoms with van der Waals surface area (Å²) in [5, 5.41) is 10.7. The van der Waals surface area contributed by atoms with Crippen LogP contribution in [-0.4, -0.2) is 60.8 Å². The quantitative estimate of drug-likeness (QED) is 0.776. The van der Waals surface area contributed by atoms with Crippen LogP contribution in [0.25, 0.3) is 0 Å². The van der Waals surface area contributed by atoms with Crippen LogP contribution in [0.2, 0.25) is 0 Å². The number of carbonyl (C=O) groups excluding carboxylic acids is 1. The van der Waals surface area contributed by atoms with Crippen LogP contribution in [0, 0.1) is 0 Å². The maximum atomic E-state index is 12.5. The molecular weight excluding hydrogens is 310 g/mol. The molecule has 1 unspecified atom stereocenters. The lowest BCUT2D eigenvalue weighted by atomic mass is 9.96. The van der Waals surface area contributed by atoms with E-state index in [1.807, 2.05) is 19.0 Å². The lowest BCUT2D eigenvalue weighted by Crippen LogP contribution is -2.49. The number of aromatic nitrogens is 2. The van der Waals surface area contributed by atoms with Gasteiger partial charge in [-0.25, -0.2) is 0 Å². The lowest BCUT2D eigenvalue weighted by Gasteiger charge is -2.29. The lowest BCUT2D eigenvalue weighted by molar-refractivity contribution is -0.124. The molecule has 1 atom stereocenters. The first kappa shape index (κ1) is 17.3. The highest BCUT2D eigenvalue weighted by Gasteiger charge is 2.41. The first-order chi connectivity index (χ1) is 11.6. The normalized spacial score (nSPS) is 23.5. The standard InChI is InChI=1S/C16H27N5O3/c1-21(2)10-14-18-15(20-24-14)16(5-3-4-6-16)19-13(22)9-12-11-23-8-7-17-12/h12,17H,3-11H2,1-2H3,(H,19,22). The van der Waals surface area contributed by atoms with Gasteiger partial charge in [0.05, 0.1) is 19.8 Å². The van der Waals surface area contributed by atoms with Crippen molar-refractivity contribution < 1.29 is 14.1 Å². The Morgan fingerprint density at radius 3 is 2.88 bits per heavy atom. The topological polar surface area (TPSA) is 92.5 Å². The van der Waals surface area contributed by atoms with Gasteiger partial charge in [-0.15, -0.1) is 0 Å². The van der Waals surface area contributed by atoms with Crippen molar-refractivity contribution >= 4 is 5.91 Å². The van der Waals surface area contributed by atoms with E-state index in [9.17, 15) is 4.79 Å². The van der Waals surface area contributed by atoms with Crippen molar-refractivity contribution in [2.45, 2.75) is 50.2 Å². The molecule has 1 aliphatic heterocycles. The number of morpholine rings is 1. The van der Waals surface area contributed by atoms with Gasteiger partial charge in [-0.1, -0.05) is 18.0 Å². The molecule has 8 heteroatoms. The van der Waals surface area contributed by atoms with Gasteiger partial charge in [-0.3, -0.25) is 4.79 Å². The molecule has 0 spiro atoms. The van der Waals surface area contributed by atoms with Crippen molar-refractivity contribution in [2.24, 2.45) is 0 Å². The molecule has 0 bridgehead atoms. The van der Waals surface area contributed by atoms with Crippen LogP contribution in [0.1, 0.15) is 43.8 Å². The molecule has 1 saturated heterocycles. The zero-order valence-electron chi connectivity index (χ0n) is 14.5. The summed E-state index contributed by atoms with van der Waals surface area (Å²) in [5.41, 5.74) is -0.485. The zero-order valence-corrected chi connectivity index (χ0v) is 14.5. The van der Waals surface area contributed by atoms with E-state index in [1.165, 1.54) is 0 Å². The van der Waals surface area contributed by atoms with E-state index in [0.29, 0.717) is 37.9 Å². The van der Waals surface area contributed by atoms with Gasteiger partial charge in [0.15, 0.2) is 5.82 Å². The number of nitrogens with zero attached hydrogens (tertiary/aromatic N) is 3. The molecule has 1 aromatic rings. The highest BCUT2D eigenvalue weighted by molar-refractivity contribution is 5.77. The van der Waals surface area contributed by atoms with E-state index in [4.69, 9.17) is 9.26 Å². The smallest absolute Gasteiger partial charge is 0.240 e. The first-order valence-electron chi connectivity index (χ1n) is 8.67. The molecule has 1 amide bonds. The minimum absolute atomic E-state index is 0.0128. The van der Waals surface area contributed by atoms with Gasteiger partial charge >= 0.3 is 0 Å². The summed E-state index contributed by atoms with van der Waals surface area (Å²) in [6, 6.07) is 0.0757. The molecule has 0 radical (unpaired) electrons. The van der Waals surface area contributed by atoms with Crippen LogP contribution >= 0.6 is 0 Å². The summed E-state index contributed by atoms with van der Waals surface area (Å²) in [7, 11) is 3.91. The second-order valence-corrected chi connectivity index (χ2v) is 7.02. The molecule has 2 aliphatic rings. The Labute approximate surface area is 142 Å². The molecule has 3 rings (SSSR count). The molecule has 2 N–H and O–H groups in total. The average molecular weight is 337 g/mol. The fraction of sp³-hybridized carbons (Fsp3) is 0.812. The highest BCUT2D eigenvalue weighted by Crippen LogP contribution is 2.37. The second kappa shape index (κ2) is 7.58. The Bertz CT molecular complexity index is 548. The number of hydrogen-bond donors (Lipinski definition) is 2. The van der Waals surface area contributed by atoms with Crippen molar-refractivity contribution in [3.05, 3.63) is 11.7 Å². The van der Waals surface area contributed by atoms with E-state index in [1.54, 1.807) is 0 Å². The van der Waals surface area contributed by atoms with Crippen molar-refractivity contribution in [3.8, 4) is 0 Å². The van der Waals surface area contributed by atoms with Gasteiger partial charge in [-0.2, -0.15) is 4.98 Å². The van der Waals surface area contributed by atoms with Gasteiger partial charge in [0.2, 0.25) is 11.8 Å². The van der Waals surface area contributed by atoms with E-state index in [-0.39, 0.29) is 11.9 Å². The van der Waals surface area contributed by atoms with Crippen LogP contribution in [0.3, 0.4) is 0 Å². The summed E-state index contributed by atoms with van der Waals surface area (Å²) in [5.74, 6) is 1.20. The molecule has 8 nitrogen and oxygen atoms in total. The van der Waals surface area contributed by atoms with Gasteiger partial charge in [0, 0.05) is 19.0 Å². The maximum Gasteiger partial charge on any atom is 0.240 e. The van der Waals surface area contributed by atoms with Gasteiger partial charge in [0.25, 0.3) is 0 Å². The molecule has 1 aromatic heterocycles. The summed E-state index contributed by atoms with van der Waals surface area (Å²) in [4.78, 5) is 19.0. The monoisotopic (exact) mass is 337 g/mol. The number of nitrogens with one attached hydrogen (secondary N) is 2. The van der Waals surface area contributed by atoms with Crippen LogP contribution in [-0.2, 0) is 21.6 Å². The summed E-state index contributed by atoms with van der Waals surface area (Å²) in [6.07, 6.45) is 4.23. The molecular formula is C16H27N5O3. The van der Waals surface area contributed by atoms with Crippen molar-refractivity contribution in [1.82, 2.24) is 25.7 Å². The molecule has 0 aromatic carbocycles.